The molecule has 0 spiro atoms. The van der Waals surface area contributed by atoms with Gasteiger partial charge in [-0.2, -0.15) is 4.31 Å². The van der Waals surface area contributed by atoms with Crippen LogP contribution in [0.25, 0.3) is 0 Å². The van der Waals surface area contributed by atoms with Gasteiger partial charge in [0.2, 0.25) is 10.0 Å². The molecule has 3 heterocycles. The lowest BCUT2D eigenvalue weighted by Crippen LogP contribution is -2.31. The molecule has 162 valence electrons. The van der Waals surface area contributed by atoms with Crippen LogP contribution in [0.15, 0.2) is 47.6 Å². The molecule has 8 heteroatoms. The van der Waals surface area contributed by atoms with Crippen molar-refractivity contribution in [3.63, 3.8) is 0 Å². The van der Waals surface area contributed by atoms with Crippen molar-refractivity contribution >= 4 is 10.0 Å². The van der Waals surface area contributed by atoms with Crippen molar-refractivity contribution < 1.29 is 17.9 Å². The summed E-state index contributed by atoms with van der Waals surface area (Å²) in [6.07, 6.45) is 5.72. The molecule has 2 atom stereocenters. The first-order chi connectivity index (χ1) is 14.5. The zero-order valence-electron chi connectivity index (χ0n) is 17.5. The number of methoxy groups -OCH3 is 2. The molecule has 2 aliphatic heterocycles. The van der Waals surface area contributed by atoms with Crippen LogP contribution in [0, 0.1) is 11.8 Å². The summed E-state index contributed by atoms with van der Waals surface area (Å²) < 4.78 is 39.0. The summed E-state index contributed by atoms with van der Waals surface area (Å²) in [5.41, 5.74) is 1.22. The molecular weight excluding hydrogens is 402 g/mol. The number of pyridine rings is 1. The molecule has 0 aliphatic carbocycles. The molecule has 1 aromatic carbocycles. The molecule has 2 saturated heterocycles. The summed E-state index contributed by atoms with van der Waals surface area (Å²) in [6, 6.07) is 8.99. The predicted molar refractivity (Wildman–Crippen MR) is 114 cm³/mol. The number of nitrogens with zero attached hydrogens (tertiary/aromatic N) is 3. The van der Waals surface area contributed by atoms with E-state index in [2.05, 4.69) is 16.0 Å². The molecule has 7 nitrogen and oxygen atoms in total. The fourth-order valence-electron chi connectivity index (χ4n) is 4.59. The topological polar surface area (TPSA) is 72.0 Å². The van der Waals surface area contributed by atoms with Gasteiger partial charge < -0.3 is 9.47 Å². The van der Waals surface area contributed by atoms with Crippen LogP contribution in [0.3, 0.4) is 0 Å². The SMILES string of the molecule is COc1ccc(OC)c(S(=O)(=O)N2C[C@H]3CCN(Cc4cccnc4)CC[C@H]3C2)c1. The zero-order chi connectivity index (χ0) is 21.1. The highest BCUT2D eigenvalue weighted by atomic mass is 32.2. The first-order valence-electron chi connectivity index (χ1n) is 10.3. The van der Waals surface area contributed by atoms with Gasteiger partial charge in [-0.25, -0.2) is 8.42 Å². The van der Waals surface area contributed by atoms with Crippen LogP contribution in [-0.2, 0) is 16.6 Å². The van der Waals surface area contributed by atoms with Gasteiger partial charge >= 0.3 is 0 Å². The van der Waals surface area contributed by atoms with E-state index in [0.717, 1.165) is 32.5 Å². The van der Waals surface area contributed by atoms with Gasteiger partial charge in [0.25, 0.3) is 0 Å². The normalized spacial score (nSPS) is 23.0. The molecule has 2 fully saturated rings. The van der Waals surface area contributed by atoms with Crippen LogP contribution in [0.5, 0.6) is 11.5 Å². The number of hydrogen-bond acceptors (Lipinski definition) is 6. The lowest BCUT2D eigenvalue weighted by Gasteiger charge is -2.22. The third-order valence-corrected chi connectivity index (χ3v) is 8.15. The van der Waals surface area contributed by atoms with Crippen LogP contribution in [0.1, 0.15) is 18.4 Å². The minimum atomic E-state index is -3.64. The van der Waals surface area contributed by atoms with Gasteiger partial charge in [-0.3, -0.25) is 9.88 Å². The molecule has 1 aromatic heterocycles. The van der Waals surface area contributed by atoms with Crippen molar-refractivity contribution in [3.8, 4) is 11.5 Å². The van der Waals surface area contributed by atoms with E-state index in [0.29, 0.717) is 36.4 Å². The highest BCUT2D eigenvalue weighted by Gasteiger charge is 2.41. The van der Waals surface area contributed by atoms with Crippen molar-refractivity contribution in [1.29, 1.82) is 0 Å². The highest BCUT2D eigenvalue weighted by Crippen LogP contribution is 2.38. The second-order valence-electron chi connectivity index (χ2n) is 8.07. The fraction of sp³-hybridized carbons (Fsp3) is 0.500. The summed E-state index contributed by atoms with van der Waals surface area (Å²) >= 11 is 0. The van der Waals surface area contributed by atoms with Crippen molar-refractivity contribution in [3.05, 3.63) is 48.3 Å². The number of likely N-dealkylation sites (tertiary alicyclic amines) is 1. The largest absolute Gasteiger partial charge is 0.497 e. The number of fused-ring (bicyclic) bond motifs is 1. The van der Waals surface area contributed by atoms with Gasteiger partial charge in [-0.05, 0) is 61.5 Å². The molecule has 4 rings (SSSR count). The summed E-state index contributed by atoms with van der Waals surface area (Å²) in [6.45, 7) is 3.98. The predicted octanol–water partition coefficient (Wildman–Crippen LogP) is 2.63. The van der Waals surface area contributed by atoms with E-state index in [-0.39, 0.29) is 4.90 Å². The van der Waals surface area contributed by atoms with E-state index >= 15 is 0 Å². The maximum Gasteiger partial charge on any atom is 0.246 e. The zero-order valence-corrected chi connectivity index (χ0v) is 18.3. The Balaban J connectivity index is 1.45. The lowest BCUT2D eigenvalue weighted by atomic mass is 9.92. The molecule has 30 heavy (non-hydrogen) atoms. The van der Waals surface area contributed by atoms with Crippen molar-refractivity contribution in [2.45, 2.75) is 24.3 Å². The van der Waals surface area contributed by atoms with Crippen LogP contribution in [-0.4, -0.2) is 63.0 Å². The number of benzene rings is 1. The number of rotatable bonds is 6. The molecule has 0 bridgehead atoms. The average molecular weight is 432 g/mol. The first-order valence-corrected chi connectivity index (χ1v) is 11.8. The van der Waals surface area contributed by atoms with E-state index < -0.39 is 10.0 Å². The molecule has 0 radical (unpaired) electrons. The maximum absolute atomic E-state index is 13.4. The van der Waals surface area contributed by atoms with Crippen molar-refractivity contribution in [2.75, 3.05) is 40.4 Å². The van der Waals surface area contributed by atoms with Crippen LogP contribution in [0.2, 0.25) is 0 Å². The molecule has 0 unspecified atom stereocenters. The summed E-state index contributed by atoms with van der Waals surface area (Å²) in [4.78, 5) is 6.84. The van der Waals surface area contributed by atoms with E-state index in [9.17, 15) is 8.42 Å². The molecule has 2 aromatic rings. The van der Waals surface area contributed by atoms with Gasteiger partial charge in [0.05, 0.1) is 14.2 Å². The monoisotopic (exact) mass is 431 g/mol. The Hall–Kier alpha value is -2.16. The second-order valence-corrected chi connectivity index (χ2v) is 9.98. The smallest absolute Gasteiger partial charge is 0.246 e. The molecule has 2 aliphatic rings. The minimum absolute atomic E-state index is 0.180. The van der Waals surface area contributed by atoms with E-state index in [1.165, 1.54) is 19.8 Å². The third kappa shape index (κ3) is 4.31. The Morgan fingerprint density at radius 1 is 1.07 bits per heavy atom. The van der Waals surface area contributed by atoms with E-state index in [1.54, 1.807) is 28.7 Å². The van der Waals surface area contributed by atoms with Crippen LogP contribution >= 0.6 is 0 Å². The maximum atomic E-state index is 13.4. The van der Waals surface area contributed by atoms with Crippen molar-refractivity contribution in [2.24, 2.45) is 11.8 Å². The minimum Gasteiger partial charge on any atom is -0.497 e. The number of ether oxygens (including phenoxy) is 2. The van der Waals surface area contributed by atoms with E-state index in [4.69, 9.17) is 9.47 Å². The van der Waals surface area contributed by atoms with Gasteiger partial charge in [0, 0.05) is 38.1 Å². The summed E-state index contributed by atoms with van der Waals surface area (Å²) in [5, 5.41) is 0. The Bertz CT molecular complexity index is 952. The van der Waals surface area contributed by atoms with Crippen LogP contribution < -0.4 is 9.47 Å². The van der Waals surface area contributed by atoms with Gasteiger partial charge in [-0.15, -0.1) is 0 Å². The fourth-order valence-corrected chi connectivity index (χ4v) is 6.31. The number of hydrogen-bond donors (Lipinski definition) is 0. The van der Waals surface area contributed by atoms with Gasteiger partial charge in [0.1, 0.15) is 16.4 Å². The summed E-state index contributed by atoms with van der Waals surface area (Å²) in [5.74, 6) is 1.63. The quantitative estimate of drug-likeness (QED) is 0.700. The van der Waals surface area contributed by atoms with E-state index in [1.807, 2.05) is 12.3 Å². The highest BCUT2D eigenvalue weighted by molar-refractivity contribution is 7.89. The lowest BCUT2D eigenvalue weighted by molar-refractivity contribution is 0.265. The van der Waals surface area contributed by atoms with Gasteiger partial charge in [0.15, 0.2) is 0 Å². The molecule has 0 N–H and O–H groups in total. The standard InChI is InChI=1S/C22H29N3O4S/c1-28-20-5-6-21(29-2)22(12-20)30(26,27)25-15-18-7-10-24(11-8-19(18)16-25)14-17-4-3-9-23-13-17/h3-6,9,12-13,18-19H,7-8,10-11,14-16H2,1-2H3/t18-,19+. The number of aromatic nitrogens is 1. The Morgan fingerprint density at radius 3 is 2.40 bits per heavy atom. The molecular formula is C22H29N3O4S. The third-order valence-electron chi connectivity index (χ3n) is 6.29. The van der Waals surface area contributed by atoms with Gasteiger partial charge in [-0.1, -0.05) is 6.07 Å². The average Bonchev–Trinajstić information content (AvgIpc) is 3.11. The Kier molecular flexibility index (Phi) is 6.26. The Labute approximate surface area is 178 Å². The Morgan fingerprint density at radius 2 is 1.80 bits per heavy atom. The second kappa shape index (κ2) is 8.91. The number of sulfonamides is 1. The van der Waals surface area contributed by atoms with Crippen molar-refractivity contribution in [1.82, 2.24) is 14.2 Å². The first kappa shape index (κ1) is 21.1. The molecule has 0 amide bonds. The summed E-state index contributed by atoms with van der Waals surface area (Å²) in [7, 11) is -0.617. The molecule has 0 saturated carbocycles. The van der Waals surface area contributed by atoms with Crippen LogP contribution in [0.4, 0.5) is 0 Å².